The monoisotopic (exact) mass is 305 g/mol. The molecule has 0 bridgehead atoms. The van der Waals surface area contributed by atoms with Gasteiger partial charge in [-0.15, -0.1) is 5.10 Å². The van der Waals surface area contributed by atoms with Gasteiger partial charge in [-0.05, 0) is 19.1 Å². The predicted octanol–water partition coefficient (Wildman–Crippen LogP) is 1.20. The van der Waals surface area contributed by atoms with E-state index in [9.17, 15) is 9.59 Å². The maximum Gasteiger partial charge on any atom is 0.321 e. The summed E-state index contributed by atoms with van der Waals surface area (Å²) in [5, 5.41) is 8.82. The largest absolute Gasteiger partial charge is 0.341 e. The number of carbonyl (C=O) groups excluding carboxylic acids is 2. The molecular weight excluding hydrogens is 290 g/mol. The van der Waals surface area contributed by atoms with E-state index >= 15 is 0 Å². The van der Waals surface area contributed by atoms with Crippen molar-refractivity contribution in [3.63, 3.8) is 0 Å². The van der Waals surface area contributed by atoms with Crippen LogP contribution in [0.3, 0.4) is 0 Å². The second-order valence-electron chi connectivity index (χ2n) is 4.14. The fourth-order valence-corrected chi connectivity index (χ4v) is 2.22. The summed E-state index contributed by atoms with van der Waals surface area (Å²) in [6, 6.07) is 9.01. The lowest BCUT2D eigenvalue weighted by Crippen LogP contribution is -2.41. The fourth-order valence-electron chi connectivity index (χ4n) is 1.49. The van der Waals surface area contributed by atoms with Crippen molar-refractivity contribution >= 4 is 23.7 Å². The molecule has 1 atom stereocenters. The van der Waals surface area contributed by atoms with Gasteiger partial charge in [-0.3, -0.25) is 10.1 Å². The van der Waals surface area contributed by atoms with Crippen molar-refractivity contribution < 1.29 is 9.59 Å². The molecule has 2 rings (SSSR count). The van der Waals surface area contributed by atoms with Crippen LogP contribution in [0.15, 0.2) is 41.8 Å². The van der Waals surface area contributed by atoms with Crippen LogP contribution in [0.1, 0.15) is 6.92 Å². The highest BCUT2D eigenvalue weighted by molar-refractivity contribution is 8.00. The molecule has 0 unspecified atom stereocenters. The first-order valence-corrected chi connectivity index (χ1v) is 7.14. The van der Waals surface area contributed by atoms with Gasteiger partial charge in [-0.2, -0.15) is 0 Å². The van der Waals surface area contributed by atoms with Gasteiger partial charge in [0, 0.05) is 7.05 Å². The summed E-state index contributed by atoms with van der Waals surface area (Å²) in [6.45, 7) is 1.69. The minimum absolute atomic E-state index is 0.393. The summed E-state index contributed by atoms with van der Waals surface area (Å²) in [6.07, 6.45) is 1.58. The van der Waals surface area contributed by atoms with E-state index in [1.54, 1.807) is 17.9 Å². The van der Waals surface area contributed by atoms with Gasteiger partial charge in [-0.25, -0.2) is 14.5 Å². The second-order valence-corrected chi connectivity index (χ2v) is 5.44. The second kappa shape index (κ2) is 6.89. The molecule has 0 aliphatic heterocycles. The van der Waals surface area contributed by atoms with E-state index in [-0.39, 0.29) is 0 Å². The van der Waals surface area contributed by atoms with Crippen LogP contribution < -0.4 is 10.6 Å². The quantitative estimate of drug-likeness (QED) is 0.829. The summed E-state index contributed by atoms with van der Waals surface area (Å²) in [5.74, 6) is -0.393. The molecule has 0 radical (unpaired) electrons. The number of nitrogens with one attached hydrogen (secondary N) is 2. The number of para-hydroxylation sites is 1. The zero-order valence-electron chi connectivity index (χ0n) is 11.6. The van der Waals surface area contributed by atoms with Crippen LogP contribution in [0.25, 0.3) is 5.69 Å². The van der Waals surface area contributed by atoms with E-state index < -0.39 is 17.2 Å². The number of thioether (sulfide) groups is 1. The first-order chi connectivity index (χ1) is 10.1. The number of carbonyl (C=O) groups is 2. The Hall–Kier alpha value is -2.35. The molecule has 21 heavy (non-hydrogen) atoms. The molecule has 0 aliphatic rings. The van der Waals surface area contributed by atoms with Gasteiger partial charge in [0.2, 0.25) is 11.1 Å². The fraction of sp³-hybridized carbons (Fsp3) is 0.231. The van der Waals surface area contributed by atoms with Crippen molar-refractivity contribution in [2.45, 2.75) is 17.3 Å². The number of hydrogen-bond acceptors (Lipinski definition) is 5. The average Bonchev–Trinajstić information content (AvgIpc) is 2.96. The minimum Gasteiger partial charge on any atom is -0.341 e. The van der Waals surface area contributed by atoms with Crippen molar-refractivity contribution in [3.05, 3.63) is 36.7 Å². The van der Waals surface area contributed by atoms with Crippen LogP contribution in [0, 0.1) is 0 Å². The molecule has 1 aromatic heterocycles. The van der Waals surface area contributed by atoms with E-state index in [0.717, 1.165) is 5.69 Å². The Balaban J connectivity index is 1.99. The lowest BCUT2D eigenvalue weighted by Gasteiger charge is -2.08. The number of urea groups is 1. The number of aromatic nitrogens is 3. The molecule has 7 nitrogen and oxygen atoms in total. The van der Waals surface area contributed by atoms with E-state index in [0.29, 0.717) is 5.16 Å². The Morgan fingerprint density at radius 1 is 1.29 bits per heavy atom. The van der Waals surface area contributed by atoms with Crippen LogP contribution in [-0.2, 0) is 4.79 Å². The normalized spacial score (nSPS) is 11.7. The molecular formula is C13H15N5O2S. The zero-order valence-corrected chi connectivity index (χ0v) is 12.4. The smallest absolute Gasteiger partial charge is 0.321 e. The summed E-state index contributed by atoms with van der Waals surface area (Å²) in [5.41, 5.74) is 0.888. The van der Waals surface area contributed by atoms with Crippen LogP contribution in [0.5, 0.6) is 0 Å². The van der Waals surface area contributed by atoms with E-state index in [4.69, 9.17) is 0 Å². The van der Waals surface area contributed by atoms with Crippen molar-refractivity contribution in [1.29, 1.82) is 0 Å². The minimum atomic E-state index is -0.532. The van der Waals surface area contributed by atoms with Gasteiger partial charge in [0.25, 0.3) is 0 Å². The molecule has 1 aromatic carbocycles. The van der Waals surface area contributed by atoms with E-state index in [1.807, 2.05) is 30.3 Å². The molecule has 110 valence electrons. The van der Waals surface area contributed by atoms with Crippen molar-refractivity contribution in [2.75, 3.05) is 7.05 Å². The Labute approximate surface area is 126 Å². The third-order valence-corrected chi connectivity index (χ3v) is 3.57. The number of hydrogen-bond donors (Lipinski definition) is 2. The summed E-state index contributed by atoms with van der Waals surface area (Å²) in [7, 11) is 1.45. The van der Waals surface area contributed by atoms with Crippen LogP contribution in [-0.4, -0.2) is 39.0 Å². The molecule has 8 heteroatoms. The Bertz CT molecular complexity index is 629. The number of amides is 3. The van der Waals surface area contributed by atoms with Crippen LogP contribution in [0.4, 0.5) is 4.79 Å². The van der Waals surface area contributed by atoms with Gasteiger partial charge in [0.05, 0.1) is 10.9 Å². The first kappa shape index (κ1) is 15.0. The molecule has 2 N–H and O–H groups in total. The Morgan fingerprint density at radius 2 is 2.00 bits per heavy atom. The van der Waals surface area contributed by atoms with Crippen molar-refractivity contribution in [3.8, 4) is 5.69 Å². The molecule has 0 saturated carbocycles. The SMILES string of the molecule is CNC(=O)NC(=O)[C@H](C)Sc1ncn(-c2ccccc2)n1. The summed E-state index contributed by atoms with van der Waals surface area (Å²) >= 11 is 1.18. The standard InChI is InChI=1S/C13H15N5O2S/c1-9(11(19)16-12(20)14-2)21-13-15-8-18(17-13)10-6-4-3-5-7-10/h3-9H,1-2H3,(H2,14,16,19,20)/t9-/m0/s1. The Morgan fingerprint density at radius 3 is 2.67 bits per heavy atom. The molecule has 0 spiro atoms. The van der Waals surface area contributed by atoms with Gasteiger partial charge < -0.3 is 5.32 Å². The van der Waals surface area contributed by atoms with Crippen molar-refractivity contribution in [2.24, 2.45) is 0 Å². The van der Waals surface area contributed by atoms with E-state index in [1.165, 1.54) is 18.8 Å². The van der Waals surface area contributed by atoms with E-state index in [2.05, 4.69) is 20.7 Å². The maximum atomic E-state index is 11.7. The third-order valence-electron chi connectivity index (χ3n) is 2.61. The number of imide groups is 1. The summed E-state index contributed by atoms with van der Waals surface area (Å²) in [4.78, 5) is 27.0. The van der Waals surface area contributed by atoms with Crippen molar-refractivity contribution in [1.82, 2.24) is 25.4 Å². The number of benzene rings is 1. The highest BCUT2D eigenvalue weighted by Gasteiger charge is 2.18. The Kier molecular flexibility index (Phi) is 4.94. The first-order valence-electron chi connectivity index (χ1n) is 6.26. The highest BCUT2D eigenvalue weighted by Crippen LogP contribution is 2.19. The lowest BCUT2D eigenvalue weighted by molar-refractivity contribution is -0.119. The van der Waals surface area contributed by atoms with Gasteiger partial charge in [0.15, 0.2) is 0 Å². The molecule has 0 aliphatic carbocycles. The highest BCUT2D eigenvalue weighted by atomic mass is 32.2. The molecule has 1 heterocycles. The number of rotatable bonds is 4. The average molecular weight is 305 g/mol. The summed E-state index contributed by atoms with van der Waals surface area (Å²) < 4.78 is 1.63. The van der Waals surface area contributed by atoms with Crippen LogP contribution >= 0.6 is 11.8 Å². The maximum absolute atomic E-state index is 11.7. The molecule has 2 aromatic rings. The van der Waals surface area contributed by atoms with Gasteiger partial charge >= 0.3 is 6.03 Å². The molecule has 3 amide bonds. The van der Waals surface area contributed by atoms with Gasteiger partial charge in [-0.1, -0.05) is 30.0 Å². The molecule has 0 fully saturated rings. The zero-order chi connectivity index (χ0) is 15.2. The molecule has 0 saturated heterocycles. The number of nitrogens with zero attached hydrogens (tertiary/aromatic N) is 3. The van der Waals surface area contributed by atoms with Gasteiger partial charge in [0.1, 0.15) is 6.33 Å². The topological polar surface area (TPSA) is 88.9 Å². The lowest BCUT2D eigenvalue weighted by atomic mass is 10.3. The third kappa shape index (κ3) is 4.06. The predicted molar refractivity (Wildman–Crippen MR) is 79.3 cm³/mol. The van der Waals surface area contributed by atoms with Crippen LogP contribution in [0.2, 0.25) is 0 Å².